The number of anilines is 1. The third-order valence-corrected chi connectivity index (χ3v) is 6.12. The minimum atomic E-state index is 0.194. The summed E-state index contributed by atoms with van der Waals surface area (Å²) in [6.07, 6.45) is 8.40. The Bertz CT molecular complexity index is 700. The lowest BCUT2D eigenvalue weighted by Crippen LogP contribution is -2.43. The van der Waals surface area contributed by atoms with Crippen LogP contribution in [0.15, 0.2) is 17.8 Å². The van der Waals surface area contributed by atoms with Crippen molar-refractivity contribution in [1.82, 2.24) is 14.9 Å². The molecular formula is C18H24N4OS. The van der Waals surface area contributed by atoms with Gasteiger partial charge in [0.2, 0.25) is 5.91 Å². The first-order valence-corrected chi connectivity index (χ1v) is 9.93. The van der Waals surface area contributed by atoms with Crippen molar-refractivity contribution in [2.45, 2.75) is 38.5 Å². The van der Waals surface area contributed by atoms with Crippen LogP contribution in [0.3, 0.4) is 0 Å². The summed E-state index contributed by atoms with van der Waals surface area (Å²) in [5, 5.41) is 3.21. The average molecular weight is 344 g/mol. The number of rotatable bonds is 2. The minimum Gasteiger partial charge on any atom is -0.356 e. The molecule has 128 valence electrons. The summed E-state index contributed by atoms with van der Waals surface area (Å²) in [6, 6.07) is 2.10. The van der Waals surface area contributed by atoms with E-state index < -0.39 is 0 Å². The van der Waals surface area contributed by atoms with Crippen molar-refractivity contribution >= 4 is 33.3 Å². The summed E-state index contributed by atoms with van der Waals surface area (Å²) in [7, 11) is 0. The highest BCUT2D eigenvalue weighted by Crippen LogP contribution is 2.30. The molecular weight excluding hydrogens is 320 g/mol. The van der Waals surface area contributed by atoms with Gasteiger partial charge in [0.15, 0.2) is 0 Å². The molecule has 4 heterocycles. The third-order valence-electron chi connectivity index (χ3n) is 5.30. The largest absolute Gasteiger partial charge is 0.356 e. The number of thiophene rings is 1. The molecule has 0 unspecified atom stereocenters. The normalized spacial score (nSPS) is 20.3. The van der Waals surface area contributed by atoms with Crippen molar-refractivity contribution in [1.29, 1.82) is 0 Å². The van der Waals surface area contributed by atoms with Crippen LogP contribution >= 0.6 is 11.3 Å². The second-order valence-corrected chi connectivity index (χ2v) is 7.73. The van der Waals surface area contributed by atoms with Gasteiger partial charge in [-0.05, 0) is 37.1 Å². The van der Waals surface area contributed by atoms with Crippen LogP contribution in [0.2, 0.25) is 0 Å². The standard InChI is InChI=1S/C18H24N4OS/c23-18(22-8-3-1-2-4-9-22)14-5-10-21(11-6-14)16-15-7-12-24-17(15)20-13-19-16/h7,12-14H,1-6,8-11H2. The molecule has 2 aliphatic rings. The Kier molecular flexibility index (Phi) is 4.65. The number of hydrogen-bond acceptors (Lipinski definition) is 5. The zero-order valence-electron chi connectivity index (χ0n) is 14.0. The number of likely N-dealkylation sites (tertiary alicyclic amines) is 1. The number of fused-ring (bicyclic) bond motifs is 1. The van der Waals surface area contributed by atoms with Crippen molar-refractivity contribution in [3.8, 4) is 0 Å². The maximum absolute atomic E-state index is 12.8. The van der Waals surface area contributed by atoms with Crippen molar-refractivity contribution in [2.24, 2.45) is 5.92 Å². The Morgan fingerprint density at radius 3 is 2.54 bits per heavy atom. The molecule has 0 aliphatic carbocycles. The van der Waals surface area contributed by atoms with Crippen molar-refractivity contribution < 1.29 is 4.79 Å². The van der Waals surface area contributed by atoms with Gasteiger partial charge in [-0.2, -0.15) is 0 Å². The summed E-state index contributed by atoms with van der Waals surface area (Å²) in [5.41, 5.74) is 0. The highest BCUT2D eigenvalue weighted by atomic mass is 32.1. The molecule has 5 nitrogen and oxygen atoms in total. The van der Waals surface area contributed by atoms with E-state index in [4.69, 9.17) is 0 Å². The van der Waals surface area contributed by atoms with E-state index in [1.54, 1.807) is 17.7 Å². The zero-order chi connectivity index (χ0) is 16.4. The summed E-state index contributed by atoms with van der Waals surface area (Å²) in [4.78, 5) is 27.1. The fraction of sp³-hybridized carbons (Fsp3) is 0.611. The van der Waals surface area contributed by atoms with E-state index in [1.165, 1.54) is 25.7 Å². The molecule has 2 fully saturated rings. The number of piperidine rings is 1. The minimum absolute atomic E-state index is 0.194. The Morgan fingerprint density at radius 1 is 1.04 bits per heavy atom. The van der Waals surface area contributed by atoms with E-state index in [9.17, 15) is 4.79 Å². The van der Waals surface area contributed by atoms with Crippen LogP contribution in [-0.4, -0.2) is 47.0 Å². The van der Waals surface area contributed by atoms with Gasteiger partial charge >= 0.3 is 0 Å². The Morgan fingerprint density at radius 2 is 1.79 bits per heavy atom. The van der Waals surface area contributed by atoms with Crippen LogP contribution < -0.4 is 4.90 Å². The van der Waals surface area contributed by atoms with Gasteiger partial charge in [0.1, 0.15) is 17.0 Å². The average Bonchev–Trinajstić information content (AvgIpc) is 2.95. The highest BCUT2D eigenvalue weighted by molar-refractivity contribution is 7.16. The highest BCUT2D eigenvalue weighted by Gasteiger charge is 2.29. The van der Waals surface area contributed by atoms with Crippen molar-refractivity contribution in [2.75, 3.05) is 31.1 Å². The van der Waals surface area contributed by atoms with E-state index >= 15 is 0 Å². The lowest BCUT2D eigenvalue weighted by molar-refractivity contribution is -0.136. The van der Waals surface area contributed by atoms with E-state index in [1.807, 2.05) is 0 Å². The summed E-state index contributed by atoms with van der Waals surface area (Å²) >= 11 is 1.65. The molecule has 2 aliphatic heterocycles. The zero-order valence-corrected chi connectivity index (χ0v) is 14.8. The smallest absolute Gasteiger partial charge is 0.225 e. The van der Waals surface area contributed by atoms with Crippen LogP contribution in [0.1, 0.15) is 38.5 Å². The van der Waals surface area contributed by atoms with E-state index in [2.05, 4.69) is 31.2 Å². The number of nitrogens with zero attached hydrogens (tertiary/aromatic N) is 4. The van der Waals surface area contributed by atoms with Gasteiger partial charge in [0.05, 0.1) is 5.39 Å². The van der Waals surface area contributed by atoms with Gasteiger partial charge in [-0.15, -0.1) is 11.3 Å². The van der Waals surface area contributed by atoms with Crippen LogP contribution in [-0.2, 0) is 4.79 Å². The van der Waals surface area contributed by atoms with Gasteiger partial charge in [-0.3, -0.25) is 4.79 Å². The summed E-state index contributed by atoms with van der Waals surface area (Å²) in [6.45, 7) is 3.74. The maximum atomic E-state index is 12.8. The first-order chi connectivity index (χ1) is 11.8. The van der Waals surface area contributed by atoms with Gasteiger partial charge in [0, 0.05) is 32.1 Å². The molecule has 0 spiro atoms. The first kappa shape index (κ1) is 15.8. The number of amides is 1. The molecule has 0 radical (unpaired) electrons. The molecule has 0 saturated carbocycles. The molecule has 0 N–H and O–H groups in total. The number of hydrogen-bond donors (Lipinski definition) is 0. The number of carbonyl (C=O) groups excluding carboxylic acids is 1. The van der Waals surface area contributed by atoms with Gasteiger partial charge in [0.25, 0.3) is 0 Å². The predicted octanol–water partition coefficient (Wildman–Crippen LogP) is 3.31. The Labute approximate surface area is 146 Å². The number of aromatic nitrogens is 2. The lowest BCUT2D eigenvalue weighted by atomic mass is 9.95. The predicted molar refractivity (Wildman–Crippen MR) is 97.4 cm³/mol. The van der Waals surface area contributed by atoms with Crippen LogP contribution in [0.4, 0.5) is 5.82 Å². The van der Waals surface area contributed by atoms with Crippen LogP contribution in [0, 0.1) is 5.92 Å². The molecule has 6 heteroatoms. The fourth-order valence-electron chi connectivity index (χ4n) is 3.92. The molecule has 0 aromatic carbocycles. The Hall–Kier alpha value is -1.69. The summed E-state index contributed by atoms with van der Waals surface area (Å²) < 4.78 is 0. The van der Waals surface area contributed by atoms with Crippen molar-refractivity contribution in [3.05, 3.63) is 17.8 Å². The van der Waals surface area contributed by atoms with E-state index in [0.717, 1.165) is 55.1 Å². The molecule has 2 aromatic rings. The van der Waals surface area contributed by atoms with E-state index in [0.29, 0.717) is 5.91 Å². The van der Waals surface area contributed by atoms with Gasteiger partial charge in [-0.1, -0.05) is 12.8 Å². The van der Waals surface area contributed by atoms with Gasteiger partial charge in [-0.25, -0.2) is 9.97 Å². The molecule has 4 rings (SSSR count). The van der Waals surface area contributed by atoms with Crippen molar-refractivity contribution in [3.63, 3.8) is 0 Å². The SMILES string of the molecule is O=C(C1CCN(c2ncnc3sccc23)CC1)N1CCCCCC1. The van der Waals surface area contributed by atoms with Gasteiger partial charge < -0.3 is 9.80 Å². The third kappa shape index (κ3) is 3.11. The first-order valence-electron chi connectivity index (χ1n) is 9.05. The van der Waals surface area contributed by atoms with Crippen LogP contribution in [0.25, 0.3) is 10.2 Å². The van der Waals surface area contributed by atoms with E-state index in [-0.39, 0.29) is 5.92 Å². The topological polar surface area (TPSA) is 49.3 Å². The monoisotopic (exact) mass is 344 g/mol. The maximum Gasteiger partial charge on any atom is 0.225 e. The molecule has 2 aromatic heterocycles. The summed E-state index contributed by atoms with van der Waals surface area (Å²) in [5.74, 6) is 1.61. The second kappa shape index (κ2) is 7.05. The molecule has 0 bridgehead atoms. The van der Waals surface area contributed by atoms with Crippen LogP contribution in [0.5, 0.6) is 0 Å². The number of carbonyl (C=O) groups is 1. The molecule has 24 heavy (non-hydrogen) atoms. The second-order valence-electron chi connectivity index (χ2n) is 6.84. The molecule has 0 atom stereocenters. The lowest BCUT2D eigenvalue weighted by Gasteiger charge is -2.34. The fourth-order valence-corrected chi connectivity index (χ4v) is 4.64. The Balaban J connectivity index is 1.41. The quantitative estimate of drug-likeness (QED) is 0.839. The molecule has 1 amide bonds. The molecule has 2 saturated heterocycles.